The first-order chi connectivity index (χ1) is 8.52. The zero-order valence-electron chi connectivity index (χ0n) is 8.79. The highest BCUT2D eigenvalue weighted by Gasteiger charge is 2.44. The van der Waals surface area contributed by atoms with Gasteiger partial charge in [0.25, 0.3) is 3.12 Å². The Bertz CT molecular complexity index is 479. The number of aromatic carboxylic acids is 1. The number of nitrogens with zero attached hydrogens (tertiary/aromatic N) is 1. The van der Waals surface area contributed by atoms with Crippen LogP contribution in [0.3, 0.4) is 0 Å². The van der Waals surface area contributed by atoms with Crippen LogP contribution in [-0.4, -0.2) is 20.5 Å². The number of halogens is 6. The third-order valence-electron chi connectivity index (χ3n) is 1.78. The largest absolute Gasteiger partial charge is 0.494 e. The Labute approximate surface area is 125 Å². The molecule has 1 aromatic carbocycles. The summed E-state index contributed by atoms with van der Waals surface area (Å²) in [5.41, 5.74) is -1.18. The number of anilines is 1. The molecule has 0 saturated heterocycles. The summed E-state index contributed by atoms with van der Waals surface area (Å²) < 4.78 is 36.2. The van der Waals surface area contributed by atoms with Crippen molar-refractivity contribution in [2.24, 2.45) is 0 Å². The minimum atomic E-state index is -4.92. The molecule has 1 aromatic rings. The first-order valence-electron chi connectivity index (χ1n) is 4.47. The smallest absolute Gasteiger partial charge is 0.478 e. The molecule has 106 valence electrons. The molecule has 10 heteroatoms. The zero-order chi connectivity index (χ0) is 14.8. The summed E-state index contributed by atoms with van der Waals surface area (Å²) >= 11 is 15.8. The average Bonchev–Trinajstić information content (AvgIpc) is 2.23. The number of rotatable bonds is 3. The summed E-state index contributed by atoms with van der Waals surface area (Å²) in [6.45, 7) is 0. The molecule has 0 saturated carbocycles. The molecule has 19 heavy (non-hydrogen) atoms. The van der Waals surface area contributed by atoms with Gasteiger partial charge in [-0.3, -0.25) is 0 Å². The second-order valence-electron chi connectivity index (χ2n) is 3.12. The van der Waals surface area contributed by atoms with E-state index >= 15 is 0 Å². The molecule has 0 amide bonds. The molecular formula is C9H5Cl3F3NO2S. The first kappa shape index (κ1) is 16.6. The van der Waals surface area contributed by atoms with E-state index in [4.69, 9.17) is 39.9 Å². The Hall–Kier alpha value is -0.500. The molecule has 1 rings (SSSR count). The number of carbonyl (C=O) groups is 1. The van der Waals surface area contributed by atoms with Gasteiger partial charge in [0.1, 0.15) is 0 Å². The van der Waals surface area contributed by atoms with Crippen LogP contribution in [0.5, 0.6) is 0 Å². The predicted octanol–water partition coefficient (Wildman–Crippen LogP) is 4.69. The van der Waals surface area contributed by atoms with E-state index in [0.717, 1.165) is 12.1 Å². The Morgan fingerprint density at radius 3 is 2.16 bits per heavy atom. The van der Waals surface area contributed by atoms with Gasteiger partial charge in [-0.15, -0.1) is 13.2 Å². The maximum atomic E-state index is 12.9. The summed E-state index contributed by atoms with van der Waals surface area (Å²) in [5, 5.41) is 8.88. The van der Waals surface area contributed by atoms with E-state index in [1.54, 1.807) is 0 Å². The maximum absolute atomic E-state index is 12.9. The molecule has 0 aliphatic heterocycles. The Balaban J connectivity index is 3.30. The highest BCUT2D eigenvalue weighted by Crippen LogP contribution is 2.48. The van der Waals surface area contributed by atoms with E-state index in [1.807, 2.05) is 0 Å². The van der Waals surface area contributed by atoms with Crippen molar-refractivity contribution in [3.05, 3.63) is 29.8 Å². The normalized spacial score (nSPS) is 12.3. The third-order valence-corrected chi connectivity index (χ3v) is 3.19. The van der Waals surface area contributed by atoms with Crippen LogP contribution < -0.4 is 4.31 Å². The molecule has 1 N–H and O–H groups in total. The molecular weight excluding hydrogens is 350 g/mol. The van der Waals surface area contributed by atoms with Crippen LogP contribution in [-0.2, 0) is 0 Å². The Kier molecular flexibility index (Phi) is 5.11. The maximum Gasteiger partial charge on any atom is 0.494 e. The monoisotopic (exact) mass is 353 g/mol. The number of benzene rings is 1. The van der Waals surface area contributed by atoms with E-state index in [0.29, 0.717) is 0 Å². The molecule has 3 nitrogen and oxygen atoms in total. The summed E-state index contributed by atoms with van der Waals surface area (Å²) in [7, 11) is 0. The Morgan fingerprint density at radius 1 is 1.21 bits per heavy atom. The van der Waals surface area contributed by atoms with E-state index in [9.17, 15) is 18.0 Å². The molecule has 0 heterocycles. The lowest BCUT2D eigenvalue weighted by atomic mass is 10.2. The molecule has 0 unspecified atom stereocenters. The lowest BCUT2D eigenvalue weighted by Crippen LogP contribution is -2.35. The van der Waals surface area contributed by atoms with Gasteiger partial charge in [-0.25, -0.2) is 9.10 Å². The van der Waals surface area contributed by atoms with Crippen molar-refractivity contribution < 1.29 is 23.1 Å². The molecule has 0 aliphatic carbocycles. The van der Waals surface area contributed by atoms with Gasteiger partial charge >= 0.3 is 12.3 Å². The lowest BCUT2D eigenvalue weighted by molar-refractivity contribution is -0.114. The molecule has 0 radical (unpaired) electrons. The van der Waals surface area contributed by atoms with Gasteiger partial charge in [0.2, 0.25) is 0 Å². The van der Waals surface area contributed by atoms with Crippen molar-refractivity contribution in [2.45, 2.75) is 9.42 Å². The highest BCUT2D eigenvalue weighted by atomic mass is 35.6. The fraction of sp³-hybridized carbons (Fsp3) is 0.222. The van der Waals surface area contributed by atoms with Crippen molar-refractivity contribution in [1.29, 1.82) is 0 Å². The molecule has 0 spiro atoms. The molecule has 0 aromatic heterocycles. The van der Waals surface area contributed by atoms with E-state index < -0.39 is 26.6 Å². The van der Waals surface area contributed by atoms with Crippen LogP contribution in [0.25, 0.3) is 0 Å². The van der Waals surface area contributed by atoms with Crippen molar-refractivity contribution in [3.63, 3.8) is 0 Å². The topological polar surface area (TPSA) is 40.5 Å². The minimum Gasteiger partial charge on any atom is -0.478 e. The zero-order valence-corrected chi connectivity index (χ0v) is 11.9. The summed E-state index contributed by atoms with van der Waals surface area (Å²) in [5.74, 6) is -1.52. The summed E-state index contributed by atoms with van der Waals surface area (Å²) in [6, 6.07) is 4.54. The summed E-state index contributed by atoms with van der Waals surface area (Å²) in [4.78, 5) is 10.9. The van der Waals surface area contributed by atoms with Crippen molar-refractivity contribution in [2.75, 3.05) is 4.31 Å². The van der Waals surface area contributed by atoms with Crippen molar-refractivity contribution in [3.8, 4) is 0 Å². The average molecular weight is 355 g/mol. The van der Waals surface area contributed by atoms with Gasteiger partial charge in [0.15, 0.2) is 0 Å². The quantitative estimate of drug-likeness (QED) is 0.486. The fourth-order valence-corrected chi connectivity index (χ4v) is 2.36. The molecule has 0 fully saturated rings. The van der Waals surface area contributed by atoms with E-state index in [1.165, 1.54) is 12.1 Å². The van der Waals surface area contributed by atoms with Gasteiger partial charge in [-0.05, 0) is 12.1 Å². The second-order valence-corrected chi connectivity index (χ2v) is 7.24. The van der Waals surface area contributed by atoms with Gasteiger partial charge in [-0.2, -0.15) is 0 Å². The third kappa shape index (κ3) is 4.83. The molecule has 0 bridgehead atoms. The standard InChI is InChI=1S/C9H5Cl3F3NO2S/c10-8(11,12)19-16(9(13,14)15)6-4-2-1-3-5(6)7(17)18/h1-4H,(H,17,18). The molecule has 0 atom stereocenters. The van der Waals surface area contributed by atoms with Crippen LogP contribution in [0.2, 0.25) is 0 Å². The number of carboxylic acids is 1. The van der Waals surface area contributed by atoms with Crippen LogP contribution >= 0.6 is 46.8 Å². The number of alkyl halides is 6. The fourth-order valence-electron chi connectivity index (χ4n) is 1.17. The number of hydrogen-bond donors (Lipinski definition) is 1. The summed E-state index contributed by atoms with van der Waals surface area (Å²) in [6.07, 6.45) is -4.92. The lowest BCUT2D eigenvalue weighted by Gasteiger charge is -2.29. The second kappa shape index (κ2) is 5.87. The van der Waals surface area contributed by atoms with Crippen LogP contribution in [0.15, 0.2) is 24.3 Å². The SMILES string of the molecule is O=C(O)c1ccccc1N(SC(Cl)(Cl)Cl)C(F)(F)F. The highest BCUT2D eigenvalue weighted by molar-refractivity contribution is 8.06. The van der Waals surface area contributed by atoms with Crippen LogP contribution in [0.1, 0.15) is 10.4 Å². The van der Waals surface area contributed by atoms with Gasteiger partial charge < -0.3 is 5.11 Å². The van der Waals surface area contributed by atoms with Crippen molar-refractivity contribution in [1.82, 2.24) is 0 Å². The minimum absolute atomic E-state index is 0.165. The number of para-hydroxylation sites is 1. The van der Waals surface area contributed by atoms with Gasteiger partial charge in [0, 0.05) is 11.9 Å². The molecule has 0 aliphatic rings. The number of carboxylic acid groups (broad SMARTS) is 1. The van der Waals surface area contributed by atoms with Crippen LogP contribution in [0, 0.1) is 0 Å². The van der Waals surface area contributed by atoms with E-state index in [2.05, 4.69) is 0 Å². The predicted molar refractivity (Wildman–Crippen MR) is 69.8 cm³/mol. The van der Waals surface area contributed by atoms with Gasteiger partial charge in [-0.1, -0.05) is 46.9 Å². The number of hydrogen-bond acceptors (Lipinski definition) is 3. The van der Waals surface area contributed by atoms with Crippen molar-refractivity contribution >= 4 is 58.4 Å². The van der Waals surface area contributed by atoms with E-state index in [-0.39, 0.29) is 16.3 Å². The van der Waals surface area contributed by atoms with Crippen LogP contribution in [0.4, 0.5) is 18.9 Å². The first-order valence-corrected chi connectivity index (χ1v) is 6.38. The van der Waals surface area contributed by atoms with Gasteiger partial charge in [0.05, 0.1) is 11.3 Å². The Morgan fingerprint density at radius 2 is 1.74 bits per heavy atom.